The second-order valence-electron chi connectivity index (χ2n) is 5.25. The molecule has 0 aliphatic carbocycles. The van der Waals surface area contributed by atoms with Gasteiger partial charge in [-0.3, -0.25) is 9.20 Å². The molecule has 1 amide bonds. The lowest BCUT2D eigenvalue weighted by molar-refractivity contribution is -0.111. The predicted octanol–water partition coefficient (Wildman–Crippen LogP) is 3.83. The molecule has 0 aliphatic rings. The highest BCUT2D eigenvalue weighted by molar-refractivity contribution is 7.37. The van der Waals surface area contributed by atoms with Crippen molar-refractivity contribution in [3.63, 3.8) is 0 Å². The van der Waals surface area contributed by atoms with Gasteiger partial charge in [0, 0.05) is 29.5 Å². The van der Waals surface area contributed by atoms with Gasteiger partial charge >= 0.3 is 0 Å². The Morgan fingerprint density at radius 3 is 3.00 bits per heavy atom. The van der Waals surface area contributed by atoms with E-state index >= 15 is 0 Å². The van der Waals surface area contributed by atoms with E-state index in [1.807, 2.05) is 22.7 Å². The Kier molecular flexibility index (Phi) is 5.28. The Hall–Kier alpha value is -2.17. The largest absolute Gasteiger partial charge is 0.397 e. The fourth-order valence-corrected chi connectivity index (χ4v) is 3.78. The fourth-order valence-electron chi connectivity index (χ4n) is 2.22. The number of imidazole rings is 1. The van der Waals surface area contributed by atoms with Crippen molar-refractivity contribution < 1.29 is 4.79 Å². The summed E-state index contributed by atoms with van der Waals surface area (Å²) in [5.41, 5.74) is 8.12. The third kappa shape index (κ3) is 4.02. The molecule has 0 spiro atoms. The monoisotopic (exact) mass is 358 g/mol. The van der Waals surface area contributed by atoms with Crippen molar-refractivity contribution in [2.45, 2.75) is 13.1 Å². The van der Waals surface area contributed by atoms with Crippen LogP contribution in [0.2, 0.25) is 0 Å². The van der Waals surface area contributed by atoms with E-state index in [-0.39, 0.29) is 5.91 Å². The molecule has 0 saturated carbocycles. The summed E-state index contributed by atoms with van der Waals surface area (Å²) in [4.78, 5) is 18.5. The molecular weight excluding hydrogens is 339 g/mol. The Morgan fingerprint density at radius 1 is 1.42 bits per heavy atom. The fraction of sp³-hybridized carbons (Fsp3) is 0.176. The number of nitrogens with two attached hydrogens (primary N) is 1. The summed E-state index contributed by atoms with van der Waals surface area (Å²) in [5.74, 6) is -0.205. The van der Waals surface area contributed by atoms with Crippen LogP contribution in [-0.4, -0.2) is 21.5 Å². The molecule has 0 aliphatic heterocycles. The lowest BCUT2D eigenvalue weighted by atomic mass is 10.2. The second-order valence-corrected chi connectivity index (χ2v) is 7.85. The molecular formula is C17H19N4OPS. The third-order valence-corrected chi connectivity index (χ3v) is 5.47. The first kappa shape index (κ1) is 16.7. The van der Waals surface area contributed by atoms with Crippen LogP contribution in [0.3, 0.4) is 0 Å². The number of hydrogen-bond donors (Lipinski definition) is 2. The number of carbonyl (C=O) groups excluding carboxylic acids is 1. The summed E-state index contributed by atoms with van der Waals surface area (Å²) in [7, 11) is 0.920. The molecule has 0 fully saturated rings. The summed E-state index contributed by atoms with van der Waals surface area (Å²) in [6, 6.07) is 7.20. The van der Waals surface area contributed by atoms with Crippen molar-refractivity contribution in [1.82, 2.24) is 9.38 Å². The number of hydrogen-bond acceptors (Lipinski definition) is 4. The average molecular weight is 358 g/mol. The van der Waals surface area contributed by atoms with E-state index in [1.165, 1.54) is 12.2 Å². The summed E-state index contributed by atoms with van der Waals surface area (Å²) < 4.78 is 2.02. The molecule has 5 nitrogen and oxygen atoms in total. The van der Waals surface area contributed by atoms with Crippen LogP contribution in [0.25, 0.3) is 11.0 Å². The van der Waals surface area contributed by atoms with Crippen LogP contribution in [0.15, 0.2) is 42.7 Å². The number of aromatic nitrogens is 2. The first-order valence-corrected chi connectivity index (χ1v) is 9.90. The summed E-state index contributed by atoms with van der Waals surface area (Å²) in [6.45, 7) is 2.19. The molecule has 24 heavy (non-hydrogen) atoms. The van der Waals surface area contributed by atoms with Gasteiger partial charge in [0.25, 0.3) is 0 Å². The van der Waals surface area contributed by atoms with E-state index in [0.29, 0.717) is 11.4 Å². The smallest absolute Gasteiger partial charge is 0.248 e. The first-order valence-electron chi connectivity index (χ1n) is 7.67. The molecule has 1 unspecified atom stereocenters. The Balaban J connectivity index is 1.65. The van der Waals surface area contributed by atoms with Crippen LogP contribution in [0, 0.1) is 0 Å². The highest BCUT2D eigenvalue weighted by Gasteiger charge is 2.06. The maximum atomic E-state index is 12.0. The number of para-hydroxylation sites is 2. The quantitative estimate of drug-likeness (QED) is 0.400. The van der Waals surface area contributed by atoms with Gasteiger partial charge in [-0.2, -0.15) is 0 Å². The van der Waals surface area contributed by atoms with Gasteiger partial charge in [-0.1, -0.05) is 30.4 Å². The molecule has 3 N–H and O–H groups in total. The van der Waals surface area contributed by atoms with Gasteiger partial charge in [0.2, 0.25) is 5.91 Å². The van der Waals surface area contributed by atoms with E-state index in [2.05, 4.69) is 23.4 Å². The molecule has 0 radical (unpaired) electrons. The van der Waals surface area contributed by atoms with Crippen LogP contribution in [0.4, 0.5) is 11.4 Å². The third-order valence-electron chi connectivity index (χ3n) is 3.40. The number of benzene rings is 1. The normalized spacial score (nSPS) is 11.9. The highest BCUT2D eigenvalue weighted by Crippen LogP contribution is 2.23. The Labute approximate surface area is 146 Å². The maximum absolute atomic E-state index is 12.0. The molecule has 124 valence electrons. The minimum atomic E-state index is -0.205. The van der Waals surface area contributed by atoms with Crippen LogP contribution >= 0.6 is 19.9 Å². The number of thiazole rings is 1. The first-order chi connectivity index (χ1) is 11.7. The van der Waals surface area contributed by atoms with Gasteiger partial charge in [-0.05, 0) is 24.4 Å². The van der Waals surface area contributed by atoms with Crippen LogP contribution in [-0.2, 0) is 11.0 Å². The molecule has 0 saturated heterocycles. The van der Waals surface area contributed by atoms with Crippen LogP contribution in [0.1, 0.15) is 17.5 Å². The van der Waals surface area contributed by atoms with Crippen molar-refractivity contribution in [2.24, 2.45) is 0 Å². The number of amides is 1. The van der Waals surface area contributed by atoms with Gasteiger partial charge in [-0.15, -0.1) is 8.58 Å². The Bertz CT molecular complexity index is 852. The van der Waals surface area contributed by atoms with Crippen LogP contribution < -0.4 is 11.1 Å². The Morgan fingerprint density at radius 2 is 2.25 bits per heavy atom. The number of anilines is 2. The molecule has 7 heteroatoms. The van der Waals surface area contributed by atoms with Crippen molar-refractivity contribution in [3.05, 3.63) is 53.3 Å². The van der Waals surface area contributed by atoms with E-state index in [4.69, 9.17) is 5.73 Å². The van der Waals surface area contributed by atoms with Crippen LogP contribution in [0.5, 0.6) is 0 Å². The van der Waals surface area contributed by atoms with Gasteiger partial charge in [0.05, 0.1) is 17.1 Å². The van der Waals surface area contributed by atoms with Gasteiger partial charge in [-0.25, -0.2) is 4.98 Å². The lowest BCUT2D eigenvalue weighted by Crippen LogP contribution is -2.09. The number of nitrogen functional groups attached to an aromatic ring is 1. The van der Waals surface area contributed by atoms with E-state index in [1.54, 1.807) is 29.5 Å². The lowest BCUT2D eigenvalue weighted by Gasteiger charge is -2.04. The zero-order chi connectivity index (χ0) is 16.9. The molecule has 1 aromatic carbocycles. The van der Waals surface area contributed by atoms with Gasteiger partial charge < -0.3 is 11.1 Å². The standard InChI is InChI=1S/C17H19N4OPS/c1-2-23-11-12-9-21-10-13(24-17(21)19-12)7-8-16(22)20-15-6-4-3-5-14(15)18/h3-10,23H,2,11,18H2,1H3,(H,20,22)/b8-7+. The number of nitrogens with zero attached hydrogens (tertiary/aromatic N) is 2. The SMILES string of the molecule is CCPCc1cn2cc(/C=C/C(=O)Nc3ccccc3N)sc2n1. The molecule has 0 bridgehead atoms. The molecule has 1 atom stereocenters. The minimum absolute atomic E-state index is 0.205. The van der Waals surface area contributed by atoms with E-state index in [9.17, 15) is 4.79 Å². The van der Waals surface area contributed by atoms with Crippen molar-refractivity contribution in [1.29, 1.82) is 0 Å². The summed E-state index contributed by atoms with van der Waals surface area (Å²) >= 11 is 1.57. The van der Waals surface area contributed by atoms with Gasteiger partial charge in [0.15, 0.2) is 4.96 Å². The number of carbonyl (C=O) groups is 1. The zero-order valence-corrected chi connectivity index (χ0v) is 15.1. The molecule has 3 aromatic rings. The number of nitrogens with one attached hydrogen (secondary N) is 1. The topological polar surface area (TPSA) is 72.4 Å². The maximum Gasteiger partial charge on any atom is 0.248 e. The van der Waals surface area contributed by atoms with Crippen molar-refractivity contribution in [3.8, 4) is 0 Å². The summed E-state index contributed by atoms with van der Waals surface area (Å²) in [5, 5.41) is 2.77. The van der Waals surface area contributed by atoms with Gasteiger partial charge in [0.1, 0.15) is 0 Å². The second kappa shape index (κ2) is 7.60. The van der Waals surface area contributed by atoms with E-state index in [0.717, 1.165) is 30.3 Å². The minimum Gasteiger partial charge on any atom is -0.397 e. The summed E-state index contributed by atoms with van der Waals surface area (Å²) in [6.07, 6.45) is 9.60. The number of rotatable bonds is 6. The zero-order valence-electron chi connectivity index (χ0n) is 13.3. The number of fused-ring (bicyclic) bond motifs is 1. The molecule has 2 aromatic heterocycles. The predicted molar refractivity (Wildman–Crippen MR) is 104 cm³/mol. The van der Waals surface area contributed by atoms with E-state index < -0.39 is 0 Å². The highest BCUT2D eigenvalue weighted by atomic mass is 32.1. The molecule has 3 rings (SSSR count). The average Bonchev–Trinajstić information content (AvgIpc) is 3.11. The van der Waals surface area contributed by atoms with Crippen molar-refractivity contribution >= 4 is 48.2 Å². The molecule has 2 heterocycles. The van der Waals surface area contributed by atoms with Crippen molar-refractivity contribution in [2.75, 3.05) is 17.2 Å².